The third-order valence-electron chi connectivity index (χ3n) is 3.91. The predicted octanol–water partition coefficient (Wildman–Crippen LogP) is 3.36. The highest BCUT2D eigenvalue weighted by atomic mass is 16.6. The van der Waals surface area contributed by atoms with Crippen molar-refractivity contribution >= 4 is 11.9 Å². The van der Waals surface area contributed by atoms with Crippen LogP contribution in [0.3, 0.4) is 0 Å². The van der Waals surface area contributed by atoms with Crippen LogP contribution in [0.1, 0.15) is 53.0 Å². The molecule has 0 saturated carbocycles. The van der Waals surface area contributed by atoms with Crippen LogP contribution < -0.4 is 9.47 Å². The van der Waals surface area contributed by atoms with Gasteiger partial charge in [0.2, 0.25) is 6.54 Å². The van der Waals surface area contributed by atoms with Crippen molar-refractivity contribution in [2.75, 3.05) is 20.8 Å². The second-order valence-electron chi connectivity index (χ2n) is 8.78. The Hall–Kier alpha value is -2.84. The molecule has 0 amide bonds. The van der Waals surface area contributed by atoms with E-state index in [-0.39, 0.29) is 0 Å². The maximum Gasteiger partial charge on any atom is 0.321 e. The zero-order valence-corrected chi connectivity index (χ0v) is 18.8. The van der Waals surface area contributed by atoms with E-state index in [2.05, 4.69) is 0 Å². The van der Waals surface area contributed by atoms with Crippen LogP contribution in [0.25, 0.3) is 0 Å². The molecule has 30 heavy (non-hydrogen) atoms. The fourth-order valence-electron chi connectivity index (χ4n) is 2.80. The second kappa shape index (κ2) is 9.77. The average Bonchev–Trinajstić information content (AvgIpc) is 2.57. The normalized spacial score (nSPS) is 12.8. The summed E-state index contributed by atoms with van der Waals surface area (Å²) in [6, 6.07) is 4.62. The maximum absolute atomic E-state index is 13.0. The smallest absolute Gasteiger partial charge is 0.321 e. The Kier molecular flexibility index (Phi) is 8.21. The molecule has 9 nitrogen and oxygen atoms in total. The number of rotatable bonds is 8. The van der Waals surface area contributed by atoms with Crippen LogP contribution in [0.4, 0.5) is 0 Å². The number of carbonyl (C=O) groups is 2. The number of hydrogen-bond donors (Lipinski definition) is 0. The molecule has 0 N–H and O–H groups in total. The Balaban J connectivity index is 3.54. The van der Waals surface area contributed by atoms with Gasteiger partial charge in [-0.05, 0) is 59.2 Å². The molecule has 0 aliphatic rings. The van der Waals surface area contributed by atoms with Gasteiger partial charge in [-0.1, -0.05) is 6.07 Å². The lowest BCUT2D eigenvalue weighted by Gasteiger charge is -2.29. The minimum absolute atomic E-state index is 0.315. The van der Waals surface area contributed by atoms with Gasteiger partial charge in [0.1, 0.15) is 11.2 Å². The Morgan fingerprint density at radius 3 is 1.77 bits per heavy atom. The minimum atomic E-state index is -1.54. The molecule has 0 radical (unpaired) electrons. The Bertz CT molecular complexity index is 748. The highest BCUT2D eigenvalue weighted by molar-refractivity contribution is 5.96. The second-order valence-corrected chi connectivity index (χ2v) is 8.78. The van der Waals surface area contributed by atoms with Crippen LogP contribution in [0.2, 0.25) is 0 Å². The molecule has 0 bridgehead atoms. The van der Waals surface area contributed by atoms with E-state index >= 15 is 0 Å². The van der Waals surface area contributed by atoms with E-state index in [1.165, 1.54) is 20.3 Å². The number of carbonyl (C=O) groups excluding carboxylic acids is 2. The molecule has 0 fully saturated rings. The standard InChI is InChI=1S/C21H31NO8/c1-20(2,3)29-18(23)17(19(24)30-21(4,5)6)14(12-22(25)26)13-9-10-15(27-7)16(11-13)28-8/h9-11,14,17H,12H2,1-8H3/t14-/m1/s1. The van der Waals surface area contributed by atoms with E-state index in [0.717, 1.165) is 0 Å². The van der Waals surface area contributed by atoms with Gasteiger partial charge in [-0.25, -0.2) is 0 Å². The third-order valence-corrected chi connectivity index (χ3v) is 3.91. The molecule has 0 heterocycles. The van der Waals surface area contributed by atoms with Crippen molar-refractivity contribution < 1.29 is 33.5 Å². The summed E-state index contributed by atoms with van der Waals surface area (Å²) >= 11 is 0. The van der Waals surface area contributed by atoms with Crippen molar-refractivity contribution in [2.24, 2.45) is 5.92 Å². The molecule has 0 unspecified atom stereocenters. The molecule has 0 aliphatic heterocycles. The summed E-state index contributed by atoms with van der Waals surface area (Å²) in [5.41, 5.74) is -1.44. The summed E-state index contributed by atoms with van der Waals surface area (Å²) < 4.78 is 21.3. The van der Waals surface area contributed by atoms with Gasteiger partial charge in [0.15, 0.2) is 17.4 Å². The highest BCUT2D eigenvalue weighted by Crippen LogP contribution is 2.35. The third kappa shape index (κ3) is 7.53. The van der Waals surface area contributed by atoms with Crippen molar-refractivity contribution in [1.29, 1.82) is 0 Å². The lowest BCUT2D eigenvalue weighted by Crippen LogP contribution is -2.41. The van der Waals surface area contributed by atoms with Crippen molar-refractivity contribution in [1.82, 2.24) is 0 Å². The van der Waals surface area contributed by atoms with Gasteiger partial charge in [-0.2, -0.15) is 0 Å². The van der Waals surface area contributed by atoms with Gasteiger partial charge in [0.05, 0.1) is 20.1 Å². The minimum Gasteiger partial charge on any atom is -0.493 e. The summed E-state index contributed by atoms with van der Waals surface area (Å²) in [6.45, 7) is 9.21. The molecule has 0 aromatic heterocycles. The fraction of sp³-hybridized carbons (Fsp3) is 0.619. The molecular weight excluding hydrogens is 394 g/mol. The Labute approximate surface area is 176 Å². The van der Waals surface area contributed by atoms with Crippen molar-refractivity contribution in [3.05, 3.63) is 33.9 Å². The molecule has 1 aromatic rings. The first-order valence-electron chi connectivity index (χ1n) is 9.48. The number of esters is 2. The lowest BCUT2D eigenvalue weighted by atomic mass is 9.85. The van der Waals surface area contributed by atoms with Crippen LogP contribution in [0, 0.1) is 16.0 Å². The van der Waals surface area contributed by atoms with E-state index in [1.54, 1.807) is 53.7 Å². The van der Waals surface area contributed by atoms with Gasteiger partial charge in [-0.15, -0.1) is 0 Å². The molecule has 9 heteroatoms. The molecule has 0 aliphatic carbocycles. The molecule has 0 spiro atoms. The number of benzene rings is 1. The number of nitro groups is 1. The molecule has 0 saturated heterocycles. The number of methoxy groups -OCH3 is 2. The summed E-state index contributed by atoms with van der Waals surface area (Å²) in [6.07, 6.45) is 0. The SMILES string of the molecule is COc1ccc([C@@H](C[N+](=O)[O-])C(C(=O)OC(C)(C)C)C(=O)OC(C)(C)C)cc1OC. The van der Waals surface area contributed by atoms with Crippen molar-refractivity contribution in [2.45, 2.75) is 58.7 Å². The van der Waals surface area contributed by atoms with Crippen LogP contribution >= 0.6 is 0 Å². The summed E-state index contributed by atoms with van der Waals surface area (Å²) in [7, 11) is 2.87. The zero-order valence-electron chi connectivity index (χ0n) is 18.8. The van der Waals surface area contributed by atoms with Gasteiger partial charge in [0.25, 0.3) is 0 Å². The summed E-state index contributed by atoms with van der Waals surface area (Å²) in [4.78, 5) is 36.8. The van der Waals surface area contributed by atoms with Crippen LogP contribution in [0.5, 0.6) is 11.5 Å². The predicted molar refractivity (Wildman–Crippen MR) is 109 cm³/mol. The quantitative estimate of drug-likeness (QED) is 0.270. The Morgan fingerprint density at radius 2 is 1.40 bits per heavy atom. The molecule has 168 valence electrons. The molecular formula is C21H31NO8. The first-order chi connectivity index (χ1) is 13.7. The maximum atomic E-state index is 13.0. The lowest BCUT2D eigenvalue weighted by molar-refractivity contribution is -0.484. The largest absolute Gasteiger partial charge is 0.493 e. The van der Waals surface area contributed by atoms with Crippen LogP contribution in [0.15, 0.2) is 18.2 Å². The van der Waals surface area contributed by atoms with E-state index in [9.17, 15) is 19.7 Å². The summed E-state index contributed by atoms with van der Waals surface area (Å²) in [5.74, 6) is -3.73. The number of hydrogen-bond acceptors (Lipinski definition) is 8. The van der Waals surface area contributed by atoms with Gasteiger partial charge in [0, 0.05) is 4.92 Å². The van der Waals surface area contributed by atoms with Crippen LogP contribution in [-0.2, 0) is 19.1 Å². The first kappa shape index (κ1) is 25.2. The van der Waals surface area contributed by atoms with Crippen molar-refractivity contribution in [3.63, 3.8) is 0 Å². The topological polar surface area (TPSA) is 114 Å². The van der Waals surface area contributed by atoms with Crippen molar-refractivity contribution in [3.8, 4) is 11.5 Å². The van der Waals surface area contributed by atoms with Gasteiger partial charge < -0.3 is 18.9 Å². The highest BCUT2D eigenvalue weighted by Gasteiger charge is 2.44. The monoisotopic (exact) mass is 425 g/mol. The Morgan fingerprint density at radius 1 is 0.933 bits per heavy atom. The zero-order chi connectivity index (χ0) is 23.3. The van der Waals surface area contributed by atoms with E-state index in [4.69, 9.17) is 18.9 Å². The van der Waals surface area contributed by atoms with E-state index in [0.29, 0.717) is 17.1 Å². The molecule has 1 rings (SSSR count). The van der Waals surface area contributed by atoms with E-state index in [1.807, 2.05) is 0 Å². The van der Waals surface area contributed by atoms with Gasteiger partial charge >= 0.3 is 11.9 Å². The van der Waals surface area contributed by atoms with E-state index < -0.39 is 46.4 Å². The fourth-order valence-corrected chi connectivity index (χ4v) is 2.80. The van der Waals surface area contributed by atoms with Gasteiger partial charge in [-0.3, -0.25) is 19.7 Å². The molecule has 1 aromatic carbocycles. The summed E-state index contributed by atoms with van der Waals surface area (Å²) in [5, 5.41) is 11.4. The number of ether oxygens (including phenoxy) is 4. The number of nitrogens with zero attached hydrogens (tertiary/aromatic N) is 1. The average molecular weight is 425 g/mol. The van der Waals surface area contributed by atoms with Crippen LogP contribution in [-0.4, -0.2) is 48.8 Å². The first-order valence-corrected chi connectivity index (χ1v) is 9.48. The molecule has 1 atom stereocenters.